The molecule has 1 saturated heterocycles. The highest BCUT2D eigenvalue weighted by Gasteiger charge is 2.29. The summed E-state index contributed by atoms with van der Waals surface area (Å²) in [5.41, 5.74) is 1.03. The molecule has 0 aliphatic carbocycles. The van der Waals surface area contributed by atoms with E-state index in [-0.39, 0.29) is 17.9 Å². The summed E-state index contributed by atoms with van der Waals surface area (Å²) >= 11 is 1.49. The largest absolute Gasteiger partial charge is 0.336 e. The summed E-state index contributed by atoms with van der Waals surface area (Å²) in [4.78, 5) is 26.2. The summed E-state index contributed by atoms with van der Waals surface area (Å²) < 4.78 is 1.83. The van der Waals surface area contributed by atoms with Crippen LogP contribution in [0.15, 0.2) is 23.7 Å². The standard InChI is InChI=1S/C15H18N4O2S/c1-10-5-8-22-14(10)15(21)18-6-3-12(9-18)19-7-4-13(17-19)16-11(2)20/h4-5,7-8,12H,3,6,9H2,1-2H3,(H,16,17,20)/t12-/m1/s1. The Morgan fingerprint density at radius 2 is 2.23 bits per heavy atom. The van der Waals surface area contributed by atoms with Crippen LogP contribution in [0, 0.1) is 6.92 Å². The predicted octanol–water partition coefficient (Wildman–Crippen LogP) is 2.30. The maximum absolute atomic E-state index is 12.5. The molecule has 0 bridgehead atoms. The van der Waals surface area contributed by atoms with Gasteiger partial charge in [-0.1, -0.05) is 0 Å². The fourth-order valence-electron chi connectivity index (χ4n) is 2.67. The monoisotopic (exact) mass is 318 g/mol. The third-order valence-corrected chi connectivity index (χ3v) is 4.80. The Morgan fingerprint density at radius 3 is 2.91 bits per heavy atom. The van der Waals surface area contributed by atoms with E-state index in [0.717, 1.165) is 23.4 Å². The van der Waals surface area contributed by atoms with Crippen LogP contribution in [0.5, 0.6) is 0 Å². The number of nitrogens with one attached hydrogen (secondary N) is 1. The highest BCUT2D eigenvalue weighted by molar-refractivity contribution is 7.12. The Kier molecular flexibility index (Phi) is 3.98. The summed E-state index contributed by atoms with van der Waals surface area (Å²) in [5.74, 6) is 0.511. The van der Waals surface area contributed by atoms with Crippen molar-refractivity contribution in [1.29, 1.82) is 0 Å². The zero-order valence-electron chi connectivity index (χ0n) is 12.6. The Morgan fingerprint density at radius 1 is 1.41 bits per heavy atom. The van der Waals surface area contributed by atoms with Gasteiger partial charge in [0.2, 0.25) is 5.91 Å². The summed E-state index contributed by atoms with van der Waals surface area (Å²) in [5, 5.41) is 8.97. The maximum atomic E-state index is 12.5. The lowest BCUT2D eigenvalue weighted by Gasteiger charge is -2.16. The minimum atomic E-state index is -0.137. The number of carbonyl (C=O) groups is 2. The van der Waals surface area contributed by atoms with Gasteiger partial charge in [-0.05, 0) is 30.4 Å². The smallest absolute Gasteiger partial charge is 0.264 e. The van der Waals surface area contributed by atoms with E-state index >= 15 is 0 Å². The lowest BCUT2D eigenvalue weighted by atomic mass is 10.2. The Bertz CT molecular complexity index is 706. The fraction of sp³-hybridized carbons (Fsp3) is 0.400. The zero-order chi connectivity index (χ0) is 15.7. The van der Waals surface area contributed by atoms with E-state index in [1.807, 2.05) is 34.1 Å². The third kappa shape index (κ3) is 2.89. The van der Waals surface area contributed by atoms with Gasteiger partial charge in [0.05, 0.1) is 10.9 Å². The van der Waals surface area contributed by atoms with Gasteiger partial charge in [0, 0.05) is 32.3 Å². The van der Waals surface area contributed by atoms with Crippen molar-refractivity contribution in [2.24, 2.45) is 0 Å². The molecule has 2 amide bonds. The van der Waals surface area contributed by atoms with Crippen molar-refractivity contribution in [3.05, 3.63) is 34.2 Å². The first-order chi connectivity index (χ1) is 10.5. The minimum absolute atomic E-state index is 0.101. The van der Waals surface area contributed by atoms with Crippen molar-refractivity contribution in [2.45, 2.75) is 26.3 Å². The molecule has 116 valence electrons. The first-order valence-corrected chi connectivity index (χ1v) is 8.08. The topological polar surface area (TPSA) is 67.2 Å². The summed E-state index contributed by atoms with van der Waals surface area (Å²) in [7, 11) is 0. The van der Waals surface area contributed by atoms with Crippen LogP contribution < -0.4 is 5.32 Å². The summed E-state index contributed by atoms with van der Waals surface area (Å²) in [6.45, 7) is 4.80. The second-order valence-corrected chi connectivity index (χ2v) is 6.40. The molecule has 2 aromatic heterocycles. The third-order valence-electron chi connectivity index (χ3n) is 3.79. The maximum Gasteiger partial charge on any atom is 0.264 e. The summed E-state index contributed by atoms with van der Waals surface area (Å²) in [6, 6.07) is 3.90. The van der Waals surface area contributed by atoms with Crippen LogP contribution in [0.3, 0.4) is 0 Å². The number of hydrogen-bond acceptors (Lipinski definition) is 4. The van der Waals surface area contributed by atoms with Gasteiger partial charge < -0.3 is 10.2 Å². The second kappa shape index (κ2) is 5.92. The number of nitrogens with zero attached hydrogens (tertiary/aromatic N) is 3. The van der Waals surface area contributed by atoms with E-state index in [4.69, 9.17) is 0 Å². The molecule has 6 nitrogen and oxygen atoms in total. The lowest BCUT2D eigenvalue weighted by molar-refractivity contribution is -0.114. The average Bonchev–Trinajstić information content (AvgIpc) is 3.16. The normalized spacial score (nSPS) is 17.7. The highest BCUT2D eigenvalue weighted by atomic mass is 32.1. The average molecular weight is 318 g/mol. The van der Waals surface area contributed by atoms with Gasteiger partial charge >= 0.3 is 0 Å². The molecule has 1 atom stereocenters. The first kappa shape index (κ1) is 14.8. The number of hydrogen-bond donors (Lipinski definition) is 1. The molecule has 1 fully saturated rings. The number of amides is 2. The van der Waals surface area contributed by atoms with Crippen molar-refractivity contribution in [2.75, 3.05) is 18.4 Å². The Labute approximate surface area is 132 Å². The number of likely N-dealkylation sites (tertiary alicyclic amines) is 1. The Hall–Kier alpha value is -2.15. The van der Waals surface area contributed by atoms with Gasteiger partial charge in [-0.2, -0.15) is 5.10 Å². The van der Waals surface area contributed by atoms with Crippen LogP contribution in [-0.4, -0.2) is 39.6 Å². The minimum Gasteiger partial charge on any atom is -0.336 e. The van der Waals surface area contributed by atoms with Crippen molar-refractivity contribution < 1.29 is 9.59 Å². The van der Waals surface area contributed by atoms with E-state index in [9.17, 15) is 9.59 Å². The highest BCUT2D eigenvalue weighted by Crippen LogP contribution is 2.26. The van der Waals surface area contributed by atoms with Gasteiger partial charge in [0.15, 0.2) is 5.82 Å². The molecule has 1 N–H and O–H groups in total. The van der Waals surface area contributed by atoms with Crippen molar-refractivity contribution >= 4 is 29.0 Å². The quantitative estimate of drug-likeness (QED) is 0.944. The van der Waals surface area contributed by atoms with Crippen LogP contribution in [0.25, 0.3) is 0 Å². The number of anilines is 1. The molecule has 0 spiro atoms. The number of rotatable bonds is 3. The predicted molar refractivity (Wildman–Crippen MR) is 85.1 cm³/mol. The SMILES string of the molecule is CC(=O)Nc1ccn([C@@H]2CCN(C(=O)c3sccc3C)C2)n1. The van der Waals surface area contributed by atoms with Gasteiger partial charge in [-0.25, -0.2) is 0 Å². The van der Waals surface area contributed by atoms with Crippen molar-refractivity contribution in [3.63, 3.8) is 0 Å². The van der Waals surface area contributed by atoms with Crippen LogP contribution >= 0.6 is 11.3 Å². The van der Waals surface area contributed by atoms with E-state index in [0.29, 0.717) is 12.4 Å². The summed E-state index contributed by atoms with van der Waals surface area (Å²) in [6.07, 6.45) is 2.72. The number of aromatic nitrogens is 2. The van der Waals surface area contributed by atoms with Crippen molar-refractivity contribution in [1.82, 2.24) is 14.7 Å². The molecule has 0 aromatic carbocycles. The molecule has 0 radical (unpaired) electrons. The van der Waals surface area contributed by atoms with Crippen LogP contribution in [0.2, 0.25) is 0 Å². The molecular formula is C15H18N4O2S. The molecule has 22 heavy (non-hydrogen) atoms. The molecule has 2 aromatic rings. The van der Waals surface area contributed by atoms with E-state index < -0.39 is 0 Å². The van der Waals surface area contributed by atoms with Gasteiger partial charge in [-0.3, -0.25) is 14.3 Å². The van der Waals surface area contributed by atoms with Crippen LogP contribution in [0.1, 0.15) is 34.6 Å². The Balaban J connectivity index is 1.67. The molecule has 1 aliphatic rings. The number of thiophene rings is 1. The molecule has 1 aliphatic heterocycles. The second-order valence-electron chi connectivity index (χ2n) is 5.49. The van der Waals surface area contributed by atoms with Gasteiger partial charge in [0.1, 0.15) is 0 Å². The zero-order valence-corrected chi connectivity index (χ0v) is 13.4. The van der Waals surface area contributed by atoms with Crippen molar-refractivity contribution in [3.8, 4) is 0 Å². The molecular weight excluding hydrogens is 300 g/mol. The van der Waals surface area contributed by atoms with Crippen LogP contribution in [-0.2, 0) is 4.79 Å². The van der Waals surface area contributed by atoms with Gasteiger partial charge in [0.25, 0.3) is 5.91 Å². The fourth-order valence-corrected chi connectivity index (χ4v) is 3.56. The van der Waals surface area contributed by atoms with E-state index in [1.165, 1.54) is 18.3 Å². The molecule has 3 rings (SSSR count). The first-order valence-electron chi connectivity index (χ1n) is 7.20. The molecule has 0 unspecified atom stereocenters. The lowest BCUT2D eigenvalue weighted by Crippen LogP contribution is -2.29. The van der Waals surface area contributed by atoms with Crippen LogP contribution in [0.4, 0.5) is 5.82 Å². The van der Waals surface area contributed by atoms with Gasteiger partial charge in [-0.15, -0.1) is 11.3 Å². The number of carbonyl (C=O) groups excluding carboxylic acids is 2. The number of aryl methyl sites for hydroxylation is 1. The molecule has 3 heterocycles. The molecule has 7 heteroatoms. The molecule has 0 saturated carbocycles. The van der Waals surface area contributed by atoms with E-state index in [2.05, 4.69) is 10.4 Å². The van der Waals surface area contributed by atoms with E-state index in [1.54, 1.807) is 6.07 Å².